The van der Waals surface area contributed by atoms with Crippen LogP contribution in [0.5, 0.6) is 0 Å². The van der Waals surface area contributed by atoms with Crippen LogP contribution in [-0.2, 0) is 14.3 Å². The molecular weight excluding hydrogens is 254 g/mol. The van der Waals surface area contributed by atoms with Crippen molar-refractivity contribution in [2.45, 2.75) is 45.3 Å². The molecule has 0 aliphatic carbocycles. The molecule has 7 heteroatoms. The lowest BCUT2D eigenvalue weighted by Gasteiger charge is -2.30. The molecule has 110 valence electrons. The molecule has 0 saturated carbocycles. The van der Waals surface area contributed by atoms with Crippen LogP contribution in [0.3, 0.4) is 0 Å². The summed E-state index contributed by atoms with van der Waals surface area (Å²) in [5.41, 5.74) is -2.41. The molecule has 7 nitrogen and oxygen atoms in total. The zero-order chi connectivity index (χ0) is 15.3. The Bertz CT molecular complexity index is 349. The van der Waals surface area contributed by atoms with Crippen LogP contribution in [0.4, 0.5) is 4.79 Å². The minimum absolute atomic E-state index is 0.221. The molecule has 0 heterocycles. The van der Waals surface area contributed by atoms with Gasteiger partial charge >= 0.3 is 12.1 Å². The summed E-state index contributed by atoms with van der Waals surface area (Å²) in [6, 6.07) is 0. The highest BCUT2D eigenvalue weighted by Gasteiger charge is 2.36. The van der Waals surface area contributed by atoms with Crippen LogP contribution >= 0.6 is 0 Å². The van der Waals surface area contributed by atoms with E-state index in [1.54, 1.807) is 20.8 Å². The number of ether oxygens (including phenoxy) is 1. The highest BCUT2D eigenvalue weighted by molar-refractivity contribution is 5.78. The molecule has 0 aromatic heterocycles. The Balaban J connectivity index is 4.85. The maximum atomic E-state index is 11.6. The number of alkyl carbamates (subject to hydrolysis) is 1. The molecule has 0 aromatic carbocycles. The predicted molar refractivity (Wildman–Crippen MR) is 66.7 cm³/mol. The summed E-state index contributed by atoms with van der Waals surface area (Å²) in [7, 11) is 0. The van der Waals surface area contributed by atoms with Gasteiger partial charge < -0.3 is 25.1 Å². The van der Waals surface area contributed by atoms with Crippen LogP contribution in [0.15, 0.2) is 0 Å². The number of hydrogen-bond acceptors (Lipinski definition) is 5. The number of hydrogen-bond donors (Lipinski definition) is 3. The largest absolute Gasteiger partial charge is 0.481 e. The molecule has 0 radical (unpaired) electrons. The van der Waals surface area contributed by atoms with E-state index in [2.05, 4.69) is 5.32 Å². The molecule has 1 amide bonds. The van der Waals surface area contributed by atoms with E-state index in [0.717, 1.165) is 0 Å². The van der Waals surface area contributed by atoms with E-state index >= 15 is 0 Å². The number of carboxylic acids is 1. The van der Waals surface area contributed by atoms with Crippen molar-refractivity contribution in [3.05, 3.63) is 0 Å². The van der Waals surface area contributed by atoms with Gasteiger partial charge in [0.05, 0.1) is 12.5 Å². The Hall–Kier alpha value is -1.63. The number of aldehydes is 1. The van der Waals surface area contributed by atoms with Crippen molar-refractivity contribution < 1.29 is 29.3 Å². The molecule has 0 bridgehead atoms. The lowest BCUT2D eigenvalue weighted by atomic mass is 9.90. The monoisotopic (exact) mass is 275 g/mol. The number of aliphatic hydroxyl groups is 1. The van der Waals surface area contributed by atoms with Gasteiger partial charge in [0.25, 0.3) is 0 Å². The van der Waals surface area contributed by atoms with Crippen LogP contribution in [0, 0.1) is 5.92 Å². The first-order valence-corrected chi connectivity index (χ1v) is 5.86. The van der Waals surface area contributed by atoms with Gasteiger partial charge in [0, 0.05) is 0 Å². The van der Waals surface area contributed by atoms with Gasteiger partial charge in [-0.2, -0.15) is 0 Å². The number of rotatable bonds is 6. The third-order valence-corrected chi connectivity index (χ3v) is 2.35. The number of aliphatic hydroxyl groups excluding tert-OH is 1. The first-order valence-electron chi connectivity index (χ1n) is 5.86. The quantitative estimate of drug-likeness (QED) is 0.610. The molecule has 0 aliphatic rings. The topological polar surface area (TPSA) is 113 Å². The summed E-state index contributed by atoms with van der Waals surface area (Å²) >= 11 is 0. The van der Waals surface area contributed by atoms with Crippen LogP contribution in [0.1, 0.15) is 34.1 Å². The van der Waals surface area contributed by atoms with Gasteiger partial charge in [-0.3, -0.25) is 4.79 Å². The van der Waals surface area contributed by atoms with Crippen molar-refractivity contribution in [2.24, 2.45) is 5.92 Å². The van der Waals surface area contributed by atoms with Gasteiger partial charge in [-0.05, 0) is 27.2 Å². The molecule has 0 spiro atoms. The minimum Gasteiger partial charge on any atom is -0.481 e. The second-order valence-corrected chi connectivity index (χ2v) is 5.50. The average molecular weight is 275 g/mol. The van der Waals surface area contributed by atoms with Crippen LogP contribution < -0.4 is 5.32 Å². The molecule has 2 atom stereocenters. The maximum absolute atomic E-state index is 11.6. The fourth-order valence-corrected chi connectivity index (χ4v) is 1.41. The van der Waals surface area contributed by atoms with E-state index in [-0.39, 0.29) is 6.42 Å². The fourth-order valence-electron chi connectivity index (χ4n) is 1.41. The second-order valence-electron chi connectivity index (χ2n) is 5.50. The van der Waals surface area contributed by atoms with Crippen molar-refractivity contribution in [1.82, 2.24) is 5.32 Å². The van der Waals surface area contributed by atoms with Crippen LogP contribution in [0.2, 0.25) is 0 Å². The number of carbonyl (C=O) groups excluding carboxylic acids is 2. The lowest BCUT2D eigenvalue weighted by Crippen LogP contribution is -2.55. The van der Waals surface area contributed by atoms with Crippen molar-refractivity contribution in [1.29, 1.82) is 0 Å². The van der Waals surface area contributed by atoms with E-state index in [0.29, 0.717) is 6.29 Å². The highest BCUT2D eigenvalue weighted by Crippen LogP contribution is 2.17. The number of carbonyl (C=O) groups is 3. The Morgan fingerprint density at radius 3 is 2.21 bits per heavy atom. The van der Waals surface area contributed by atoms with Gasteiger partial charge in [0.15, 0.2) is 0 Å². The second kappa shape index (κ2) is 6.51. The highest BCUT2D eigenvalue weighted by atomic mass is 16.6. The van der Waals surface area contributed by atoms with Crippen LogP contribution in [0.25, 0.3) is 0 Å². The van der Waals surface area contributed by atoms with E-state index in [4.69, 9.17) is 9.84 Å². The summed E-state index contributed by atoms with van der Waals surface area (Å²) in [5.74, 6) is -2.02. The summed E-state index contributed by atoms with van der Waals surface area (Å²) in [4.78, 5) is 33.5. The average Bonchev–Trinajstić information content (AvgIpc) is 2.25. The molecule has 0 fully saturated rings. The van der Waals surface area contributed by atoms with E-state index < -0.39 is 35.7 Å². The number of nitrogens with one attached hydrogen (secondary N) is 1. The zero-order valence-corrected chi connectivity index (χ0v) is 11.6. The van der Waals surface area contributed by atoms with Gasteiger partial charge in [0.1, 0.15) is 17.4 Å². The third kappa shape index (κ3) is 6.19. The Morgan fingerprint density at radius 1 is 1.37 bits per heavy atom. The molecular formula is C12H21NO6. The Labute approximate surface area is 111 Å². The standard InChI is InChI=1S/C12H21NO6/c1-8(9(16)17)5-12(6-14,7-15)13-10(18)19-11(2,3)4/h6,8,15H,5,7H2,1-4H3,(H,13,18)(H,16,17). The van der Waals surface area contributed by atoms with Crippen molar-refractivity contribution in [3.63, 3.8) is 0 Å². The molecule has 0 rings (SSSR count). The number of amides is 1. The van der Waals surface area contributed by atoms with Crippen molar-refractivity contribution in [2.75, 3.05) is 6.61 Å². The lowest BCUT2D eigenvalue weighted by molar-refractivity contribution is -0.142. The molecule has 19 heavy (non-hydrogen) atoms. The van der Waals surface area contributed by atoms with Gasteiger partial charge in [-0.15, -0.1) is 0 Å². The fraction of sp³-hybridized carbons (Fsp3) is 0.750. The molecule has 0 saturated heterocycles. The smallest absolute Gasteiger partial charge is 0.408 e. The Morgan fingerprint density at radius 2 is 1.89 bits per heavy atom. The summed E-state index contributed by atoms with van der Waals surface area (Å²) < 4.78 is 4.97. The van der Waals surface area contributed by atoms with Gasteiger partial charge in [0.2, 0.25) is 0 Å². The van der Waals surface area contributed by atoms with Gasteiger partial charge in [-0.25, -0.2) is 4.79 Å². The first kappa shape index (κ1) is 17.4. The first-order chi connectivity index (χ1) is 8.55. The molecule has 2 unspecified atom stereocenters. The van der Waals surface area contributed by atoms with Crippen molar-refractivity contribution in [3.8, 4) is 0 Å². The zero-order valence-electron chi connectivity index (χ0n) is 11.6. The number of aliphatic carboxylic acids is 1. The predicted octanol–water partition coefficient (Wildman–Crippen LogP) is 0.552. The molecule has 0 aromatic rings. The SMILES string of the molecule is CC(CC(C=O)(CO)NC(=O)OC(C)(C)C)C(=O)O. The van der Waals surface area contributed by atoms with E-state index in [9.17, 15) is 19.5 Å². The van der Waals surface area contributed by atoms with Gasteiger partial charge in [-0.1, -0.05) is 6.92 Å². The van der Waals surface area contributed by atoms with Crippen molar-refractivity contribution >= 4 is 18.3 Å². The number of carboxylic acid groups (broad SMARTS) is 1. The minimum atomic E-state index is -1.65. The molecule has 3 N–H and O–H groups in total. The maximum Gasteiger partial charge on any atom is 0.408 e. The summed E-state index contributed by atoms with van der Waals surface area (Å²) in [6.45, 7) is 5.62. The summed E-state index contributed by atoms with van der Waals surface area (Å²) in [6.07, 6.45) is -0.774. The summed E-state index contributed by atoms with van der Waals surface area (Å²) in [5, 5.41) is 20.3. The molecule has 0 aliphatic heterocycles. The van der Waals surface area contributed by atoms with E-state index in [1.165, 1.54) is 6.92 Å². The van der Waals surface area contributed by atoms with E-state index in [1.807, 2.05) is 0 Å². The van der Waals surface area contributed by atoms with Crippen LogP contribution in [-0.4, -0.2) is 46.3 Å². The Kier molecular flexibility index (Phi) is 5.95. The normalized spacial score (nSPS) is 16.1. The third-order valence-electron chi connectivity index (χ3n) is 2.35.